The number of unbranched alkanes of at least 4 members (excludes halogenated alkanes) is 1. The Balaban J connectivity index is 2.36. The first kappa shape index (κ1) is 27.7. The minimum absolute atomic E-state index is 0.0352. The average Bonchev–Trinajstić information content (AvgIpc) is 2.94. The summed E-state index contributed by atoms with van der Waals surface area (Å²) in [5.41, 5.74) is -0.672. The molecule has 1 saturated carbocycles. The number of rotatable bonds is 8. The summed E-state index contributed by atoms with van der Waals surface area (Å²) < 4.78 is 12.3. The van der Waals surface area contributed by atoms with Crippen LogP contribution in [0.15, 0.2) is 11.6 Å². The highest BCUT2D eigenvalue weighted by Crippen LogP contribution is 2.40. The molecule has 190 valence electrons. The standard InChI is InChI=1S/C27H48N2O4/c1-9-10-16-28-24(30)21(19(2)3)18-23-22(17-20-14-12-11-13-15-20)29(27(7,8)32-23)25(31)33-26(4,5)6/h18-20,22-23H,9-17H2,1-8H3,(H,28,30). The van der Waals surface area contributed by atoms with Crippen LogP contribution in [0, 0.1) is 11.8 Å². The number of nitrogens with zero attached hydrogens (tertiary/aromatic N) is 1. The molecule has 2 aliphatic rings. The third-order valence-corrected chi connectivity index (χ3v) is 6.65. The van der Waals surface area contributed by atoms with Gasteiger partial charge in [0.05, 0.1) is 12.1 Å². The van der Waals surface area contributed by atoms with Gasteiger partial charge >= 0.3 is 6.09 Å². The molecule has 0 spiro atoms. The van der Waals surface area contributed by atoms with Crippen molar-refractivity contribution in [2.75, 3.05) is 6.54 Å². The van der Waals surface area contributed by atoms with Crippen LogP contribution < -0.4 is 5.32 Å². The molecule has 1 N–H and O–H groups in total. The molecule has 1 saturated heterocycles. The van der Waals surface area contributed by atoms with Crippen LogP contribution in [0.3, 0.4) is 0 Å². The van der Waals surface area contributed by atoms with Gasteiger partial charge in [-0.2, -0.15) is 0 Å². The molecule has 0 radical (unpaired) electrons. The predicted molar refractivity (Wildman–Crippen MR) is 133 cm³/mol. The Labute approximate surface area is 201 Å². The third kappa shape index (κ3) is 8.01. The summed E-state index contributed by atoms with van der Waals surface area (Å²) in [6.07, 6.45) is 10.3. The molecule has 1 aliphatic carbocycles. The number of nitrogens with one attached hydrogen (secondary N) is 1. The molecule has 33 heavy (non-hydrogen) atoms. The second-order valence-electron chi connectivity index (χ2n) is 11.6. The molecule has 1 aliphatic heterocycles. The number of carbonyl (C=O) groups is 2. The maximum Gasteiger partial charge on any atom is 0.412 e. The Hall–Kier alpha value is -1.56. The Morgan fingerprint density at radius 1 is 1.18 bits per heavy atom. The largest absolute Gasteiger partial charge is 0.444 e. The lowest BCUT2D eigenvalue weighted by Gasteiger charge is -2.36. The van der Waals surface area contributed by atoms with Crippen LogP contribution in [0.1, 0.15) is 107 Å². The van der Waals surface area contributed by atoms with Crippen molar-refractivity contribution < 1.29 is 19.1 Å². The van der Waals surface area contributed by atoms with E-state index in [0.29, 0.717) is 12.5 Å². The van der Waals surface area contributed by atoms with E-state index in [9.17, 15) is 9.59 Å². The minimum atomic E-state index is -0.816. The van der Waals surface area contributed by atoms with E-state index in [-0.39, 0.29) is 30.1 Å². The van der Waals surface area contributed by atoms with E-state index in [4.69, 9.17) is 9.47 Å². The number of carbonyl (C=O) groups excluding carboxylic acids is 2. The highest BCUT2D eigenvalue weighted by Gasteiger charge is 2.51. The van der Waals surface area contributed by atoms with E-state index < -0.39 is 11.3 Å². The minimum Gasteiger partial charge on any atom is -0.444 e. The van der Waals surface area contributed by atoms with Gasteiger partial charge in [-0.25, -0.2) is 4.79 Å². The summed E-state index contributed by atoms with van der Waals surface area (Å²) >= 11 is 0. The van der Waals surface area contributed by atoms with Crippen LogP contribution in [0.5, 0.6) is 0 Å². The molecule has 6 heteroatoms. The zero-order valence-electron chi connectivity index (χ0n) is 22.3. The van der Waals surface area contributed by atoms with Gasteiger partial charge in [0.1, 0.15) is 11.3 Å². The molecular formula is C27H48N2O4. The first-order valence-corrected chi connectivity index (χ1v) is 13.1. The molecule has 6 nitrogen and oxygen atoms in total. The van der Waals surface area contributed by atoms with E-state index in [1.807, 2.05) is 54.5 Å². The molecule has 0 aromatic heterocycles. The number of amides is 2. The fourth-order valence-electron chi connectivity index (χ4n) is 5.02. The van der Waals surface area contributed by atoms with Gasteiger partial charge in [0.25, 0.3) is 0 Å². The molecule has 0 bridgehead atoms. The smallest absolute Gasteiger partial charge is 0.412 e. The van der Waals surface area contributed by atoms with Crippen LogP contribution in [0.4, 0.5) is 4.79 Å². The van der Waals surface area contributed by atoms with Crippen LogP contribution in [0.25, 0.3) is 0 Å². The van der Waals surface area contributed by atoms with E-state index in [1.54, 1.807) is 4.90 Å². The Bertz CT molecular complexity index is 687. The summed E-state index contributed by atoms with van der Waals surface area (Å²) in [5.74, 6) is 0.583. The van der Waals surface area contributed by atoms with Crippen molar-refractivity contribution in [2.45, 2.75) is 130 Å². The molecule has 1 heterocycles. The van der Waals surface area contributed by atoms with Crippen molar-refractivity contribution in [1.82, 2.24) is 10.2 Å². The highest BCUT2D eigenvalue weighted by molar-refractivity contribution is 5.93. The van der Waals surface area contributed by atoms with Gasteiger partial charge in [-0.1, -0.05) is 59.3 Å². The number of hydrogen-bond acceptors (Lipinski definition) is 4. The lowest BCUT2D eigenvalue weighted by Crippen LogP contribution is -2.50. The normalized spacial score (nSPS) is 24.3. The highest BCUT2D eigenvalue weighted by atomic mass is 16.6. The molecule has 2 rings (SSSR count). The molecular weight excluding hydrogens is 416 g/mol. The SMILES string of the molecule is CCCCNC(=O)C(=CC1OC(C)(C)N(C(=O)OC(C)(C)C)C1CC1CCCCC1)C(C)C. The molecule has 0 aromatic rings. The van der Waals surface area contributed by atoms with E-state index in [1.165, 1.54) is 32.1 Å². The lowest BCUT2D eigenvalue weighted by molar-refractivity contribution is -0.118. The summed E-state index contributed by atoms with van der Waals surface area (Å²) in [6.45, 7) is 16.4. The predicted octanol–water partition coefficient (Wildman–Crippen LogP) is 6.20. The van der Waals surface area contributed by atoms with E-state index >= 15 is 0 Å². The Morgan fingerprint density at radius 3 is 2.36 bits per heavy atom. The van der Waals surface area contributed by atoms with E-state index in [0.717, 1.165) is 24.8 Å². The van der Waals surface area contributed by atoms with Gasteiger partial charge < -0.3 is 14.8 Å². The summed E-state index contributed by atoms with van der Waals surface area (Å²) in [7, 11) is 0. The first-order valence-electron chi connectivity index (χ1n) is 13.1. The summed E-state index contributed by atoms with van der Waals surface area (Å²) in [4.78, 5) is 28.1. The van der Waals surface area contributed by atoms with Crippen molar-refractivity contribution in [3.63, 3.8) is 0 Å². The van der Waals surface area contributed by atoms with Gasteiger partial charge in [-0.05, 0) is 65.4 Å². The Kier molecular flexibility index (Phi) is 9.83. The van der Waals surface area contributed by atoms with Crippen molar-refractivity contribution >= 4 is 12.0 Å². The fraction of sp³-hybridized carbons (Fsp3) is 0.852. The van der Waals surface area contributed by atoms with Crippen molar-refractivity contribution in [3.8, 4) is 0 Å². The topological polar surface area (TPSA) is 67.9 Å². The zero-order chi connectivity index (χ0) is 24.8. The van der Waals surface area contributed by atoms with Gasteiger partial charge in [0.2, 0.25) is 5.91 Å². The number of hydrogen-bond donors (Lipinski definition) is 1. The van der Waals surface area contributed by atoms with E-state index in [2.05, 4.69) is 12.2 Å². The Morgan fingerprint density at radius 2 is 1.82 bits per heavy atom. The van der Waals surface area contributed by atoms with Gasteiger partial charge in [0, 0.05) is 12.1 Å². The fourth-order valence-corrected chi connectivity index (χ4v) is 5.02. The molecule has 2 unspecified atom stereocenters. The molecule has 2 amide bonds. The molecule has 2 atom stereocenters. The van der Waals surface area contributed by atoms with Crippen LogP contribution >= 0.6 is 0 Å². The second-order valence-corrected chi connectivity index (χ2v) is 11.6. The van der Waals surface area contributed by atoms with Crippen molar-refractivity contribution in [3.05, 3.63) is 11.6 Å². The van der Waals surface area contributed by atoms with Gasteiger partial charge in [0.15, 0.2) is 0 Å². The van der Waals surface area contributed by atoms with Crippen LogP contribution in [-0.4, -0.2) is 46.9 Å². The van der Waals surface area contributed by atoms with Crippen molar-refractivity contribution in [2.24, 2.45) is 11.8 Å². The summed E-state index contributed by atoms with van der Waals surface area (Å²) in [6, 6.07) is -0.157. The maximum absolute atomic E-state index is 13.3. The second kappa shape index (κ2) is 11.7. The van der Waals surface area contributed by atoms with Crippen LogP contribution in [0.2, 0.25) is 0 Å². The lowest BCUT2D eigenvalue weighted by atomic mass is 9.83. The maximum atomic E-state index is 13.3. The first-order chi connectivity index (χ1) is 15.4. The van der Waals surface area contributed by atoms with Gasteiger partial charge in [-0.3, -0.25) is 9.69 Å². The monoisotopic (exact) mass is 464 g/mol. The third-order valence-electron chi connectivity index (χ3n) is 6.65. The van der Waals surface area contributed by atoms with Gasteiger partial charge in [-0.15, -0.1) is 0 Å². The average molecular weight is 465 g/mol. The molecule has 2 fully saturated rings. The summed E-state index contributed by atoms with van der Waals surface area (Å²) in [5, 5.41) is 3.05. The number of ether oxygens (including phenoxy) is 2. The quantitative estimate of drug-likeness (QED) is 0.343. The molecule has 0 aromatic carbocycles. The van der Waals surface area contributed by atoms with Crippen LogP contribution in [-0.2, 0) is 14.3 Å². The van der Waals surface area contributed by atoms with Crippen molar-refractivity contribution in [1.29, 1.82) is 0 Å². The zero-order valence-corrected chi connectivity index (χ0v) is 22.3.